The third-order valence-electron chi connectivity index (χ3n) is 2.97. The third kappa shape index (κ3) is 2.11. The van der Waals surface area contributed by atoms with Crippen molar-refractivity contribution in [3.05, 3.63) is 34.3 Å². The zero-order valence-electron chi connectivity index (χ0n) is 10.8. The van der Waals surface area contributed by atoms with Crippen LogP contribution in [0.2, 0.25) is 10.0 Å². The topological polar surface area (TPSA) is 44.2 Å². The van der Waals surface area contributed by atoms with Crippen molar-refractivity contribution in [1.29, 1.82) is 0 Å². The van der Waals surface area contributed by atoms with Crippen LogP contribution < -0.4 is 9.47 Å². The number of halogens is 2. The second-order valence-electron chi connectivity index (χ2n) is 4.18. The van der Waals surface area contributed by atoms with Gasteiger partial charge in [-0.2, -0.15) is 0 Å². The summed E-state index contributed by atoms with van der Waals surface area (Å²) in [6.45, 7) is 0. The minimum Gasteiger partial charge on any atom is -0.497 e. The summed E-state index contributed by atoms with van der Waals surface area (Å²) < 4.78 is 10.4. The van der Waals surface area contributed by atoms with E-state index in [1.54, 1.807) is 38.5 Å². The van der Waals surface area contributed by atoms with Gasteiger partial charge in [0.05, 0.1) is 40.8 Å². The zero-order chi connectivity index (χ0) is 14.3. The fourth-order valence-electron chi connectivity index (χ4n) is 1.99. The second kappa shape index (κ2) is 4.96. The van der Waals surface area contributed by atoms with Gasteiger partial charge in [0.2, 0.25) is 0 Å². The first-order chi connectivity index (χ1) is 9.62. The maximum Gasteiger partial charge on any atom is 0.139 e. The van der Waals surface area contributed by atoms with Crippen molar-refractivity contribution < 1.29 is 9.47 Å². The lowest BCUT2D eigenvalue weighted by Crippen LogP contribution is -1.92. The van der Waals surface area contributed by atoms with Crippen LogP contribution in [-0.4, -0.2) is 24.2 Å². The molecule has 6 heteroatoms. The molecule has 0 N–H and O–H groups in total. The number of hydrogen-bond acceptors (Lipinski definition) is 4. The van der Waals surface area contributed by atoms with Crippen molar-refractivity contribution >= 4 is 45.3 Å². The van der Waals surface area contributed by atoms with Gasteiger partial charge in [0.15, 0.2) is 0 Å². The summed E-state index contributed by atoms with van der Waals surface area (Å²) in [5.74, 6) is 1.19. The lowest BCUT2D eigenvalue weighted by Gasteiger charge is -2.08. The summed E-state index contributed by atoms with van der Waals surface area (Å²) >= 11 is 12.3. The van der Waals surface area contributed by atoms with Gasteiger partial charge in [0.1, 0.15) is 17.0 Å². The summed E-state index contributed by atoms with van der Waals surface area (Å²) in [5.41, 5.74) is 2.62. The molecule has 0 bridgehead atoms. The van der Waals surface area contributed by atoms with Gasteiger partial charge in [0, 0.05) is 18.2 Å². The Morgan fingerprint density at radius 3 is 2.25 bits per heavy atom. The summed E-state index contributed by atoms with van der Waals surface area (Å²) in [5, 5.41) is 0.977. The summed E-state index contributed by atoms with van der Waals surface area (Å²) in [7, 11) is 3.13. The van der Waals surface area contributed by atoms with Gasteiger partial charge in [-0.15, -0.1) is 0 Å². The van der Waals surface area contributed by atoms with Crippen LogP contribution in [0.3, 0.4) is 0 Å². The van der Waals surface area contributed by atoms with Gasteiger partial charge >= 0.3 is 0 Å². The van der Waals surface area contributed by atoms with Gasteiger partial charge in [0.25, 0.3) is 0 Å². The molecule has 1 aromatic heterocycles. The van der Waals surface area contributed by atoms with Crippen LogP contribution >= 0.6 is 23.2 Å². The Bertz CT molecular complexity index is 821. The number of rotatable bonds is 2. The van der Waals surface area contributed by atoms with E-state index in [-0.39, 0.29) is 0 Å². The van der Waals surface area contributed by atoms with E-state index in [2.05, 4.69) is 9.97 Å². The largest absolute Gasteiger partial charge is 0.497 e. The van der Waals surface area contributed by atoms with E-state index in [4.69, 9.17) is 32.7 Å². The van der Waals surface area contributed by atoms with Gasteiger partial charge in [-0.1, -0.05) is 23.2 Å². The highest BCUT2D eigenvalue weighted by Crippen LogP contribution is 2.32. The first-order valence-corrected chi connectivity index (χ1v) is 6.56. The van der Waals surface area contributed by atoms with E-state index in [9.17, 15) is 0 Å². The van der Waals surface area contributed by atoms with Gasteiger partial charge in [-0.05, 0) is 6.07 Å². The molecule has 0 unspecified atom stereocenters. The molecule has 3 rings (SSSR count). The first kappa shape index (κ1) is 13.2. The smallest absolute Gasteiger partial charge is 0.139 e. The van der Waals surface area contributed by atoms with Gasteiger partial charge < -0.3 is 9.47 Å². The monoisotopic (exact) mass is 308 g/mol. The van der Waals surface area contributed by atoms with Crippen molar-refractivity contribution in [2.24, 2.45) is 0 Å². The predicted octanol–water partition coefficient (Wildman–Crippen LogP) is 4.11. The number of hydrogen-bond donors (Lipinski definition) is 0. The van der Waals surface area contributed by atoms with Gasteiger partial charge in [-0.3, -0.25) is 0 Å². The van der Waals surface area contributed by atoms with Crippen molar-refractivity contribution in [1.82, 2.24) is 9.97 Å². The van der Waals surface area contributed by atoms with Crippen molar-refractivity contribution in [3.63, 3.8) is 0 Å². The quantitative estimate of drug-likeness (QED) is 0.668. The second-order valence-corrected chi connectivity index (χ2v) is 4.99. The Morgan fingerprint density at radius 2 is 1.55 bits per heavy atom. The molecule has 0 amide bonds. The summed E-state index contributed by atoms with van der Waals surface area (Å²) in [6, 6.07) is 6.95. The Balaban J connectivity index is 2.37. The molecule has 2 aromatic carbocycles. The molecule has 0 aliphatic heterocycles. The first-order valence-electron chi connectivity index (χ1n) is 5.81. The Kier molecular flexibility index (Phi) is 3.28. The molecule has 3 aromatic rings. The van der Waals surface area contributed by atoms with Crippen molar-refractivity contribution in [2.75, 3.05) is 14.2 Å². The predicted molar refractivity (Wildman–Crippen MR) is 80.2 cm³/mol. The summed E-state index contributed by atoms with van der Waals surface area (Å²) in [4.78, 5) is 9.03. The zero-order valence-corrected chi connectivity index (χ0v) is 12.3. The lowest BCUT2D eigenvalue weighted by atomic mass is 10.2. The van der Waals surface area contributed by atoms with E-state index < -0.39 is 0 Å². The third-order valence-corrected chi connectivity index (χ3v) is 3.56. The van der Waals surface area contributed by atoms with Crippen LogP contribution in [0, 0.1) is 0 Å². The number of fused-ring (bicyclic) bond motifs is 2. The molecule has 0 atom stereocenters. The van der Waals surface area contributed by atoms with Crippen molar-refractivity contribution in [3.8, 4) is 11.5 Å². The normalized spacial score (nSPS) is 11.0. The molecule has 0 spiro atoms. The van der Waals surface area contributed by atoms with Crippen LogP contribution in [0.4, 0.5) is 0 Å². The highest BCUT2D eigenvalue weighted by molar-refractivity contribution is 6.35. The van der Waals surface area contributed by atoms with Crippen LogP contribution in [-0.2, 0) is 0 Å². The highest BCUT2D eigenvalue weighted by atomic mass is 35.5. The maximum atomic E-state index is 6.21. The average Bonchev–Trinajstić information content (AvgIpc) is 2.44. The van der Waals surface area contributed by atoms with Gasteiger partial charge in [-0.25, -0.2) is 9.97 Å². The molecular formula is C14H10Cl2N2O2. The van der Waals surface area contributed by atoms with E-state index in [0.717, 1.165) is 0 Å². The SMILES string of the molecule is COc1cc(Cl)c2nc3cc(OC)c(Cl)cc3nc2c1. The number of aromatic nitrogens is 2. The minimum atomic E-state index is 0.489. The fraction of sp³-hybridized carbons (Fsp3) is 0.143. The van der Waals surface area contributed by atoms with E-state index in [1.165, 1.54) is 0 Å². The fourth-order valence-corrected chi connectivity index (χ4v) is 2.47. The molecule has 4 nitrogen and oxygen atoms in total. The molecule has 0 saturated heterocycles. The molecule has 0 aliphatic rings. The molecule has 0 saturated carbocycles. The van der Waals surface area contributed by atoms with E-state index in [1.807, 2.05) is 0 Å². The molecular weight excluding hydrogens is 299 g/mol. The average molecular weight is 309 g/mol. The summed E-state index contributed by atoms with van der Waals surface area (Å²) in [6.07, 6.45) is 0. The van der Waals surface area contributed by atoms with Crippen LogP contribution in [0.5, 0.6) is 11.5 Å². The van der Waals surface area contributed by atoms with E-state index in [0.29, 0.717) is 43.6 Å². The lowest BCUT2D eigenvalue weighted by molar-refractivity contribution is 0.415. The molecule has 102 valence electrons. The molecule has 1 heterocycles. The molecule has 20 heavy (non-hydrogen) atoms. The van der Waals surface area contributed by atoms with Crippen LogP contribution in [0.15, 0.2) is 24.3 Å². The molecule has 0 fully saturated rings. The number of ether oxygens (including phenoxy) is 2. The molecule has 0 aliphatic carbocycles. The van der Waals surface area contributed by atoms with Crippen LogP contribution in [0.25, 0.3) is 22.1 Å². The maximum absolute atomic E-state index is 6.21. The number of benzene rings is 2. The Morgan fingerprint density at radius 1 is 0.800 bits per heavy atom. The van der Waals surface area contributed by atoms with E-state index >= 15 is 0 Å². The standard InChI is InChI=1S/C14H10Cl2N2O2/c1-19-7-3-9(16)14-12(4-7)17-10-5-8(15)13(20-2)6-11(10)18-14/h3-6H,1-2H3. The van der Waals surface area contributed by atoms with Crippen molar-refractivity contribution in [2.45, 2.75) is 0 Å². The number of nitrogens with zero attached hydrogens (tertiary/aromatic N) is 2. The minimum absolute atomic E-state index is 0.489. The number of methoxy groups -OCH3 is 2. The van der Waals surface area contributed by atoms with Crippen LogP contribution in [0.1, 0.15) is 0 Å². The molecule has 0 radical (unpaired) electrons. The Labute approximate surface area is 125 Å². The Hall–Kier alpha value is -1.78. The highest BCUT2D eigenvalue weighted by Gasteiger charge is 2.10.